The summed E-state index contributed by atoms with van der Waals surface area (Å²) >= 11 is 0. The number of aliphatic hydroxyl groups excluding tert-OH is 2. The lowest BCUT2D eigenvalue weighted by Crippen LogP contribution is -2.08. The SMILES string of the molecule is Cc1[nH]c(C(=O)/C=C(\OB(F)F)c2[nH]c(C)c(C)c2C#Cc2ccccc2CO)c(C#Cc2ccccc2CO)c1C. The van der Waals surface area contributed by atoms with Gasteiger partial charge in [0.15, 0.2) is 0 Å². The van der Waals surface area contributed by atoms with Crippen LogP contribution in [0.25, 0.3) is 5.76 Å². The first-order chi connectivity index (χ1) is 20.1. The number of ketones is 1. The minimum absolute atomic E-state index is 0.124. The van der Waals surface area contributed by atoms with Crippen molar-refractivity contribution < 1.29 is 28.3 Å². The molecule has 4 aromatic rings. The maximum atomic E-state index is 13.6. The van der Waals surface area contributed by atoms with Gasteiger partial charge in [-0.05, 0) is 62.1 Å². The second-order valence-corrected chi connectivity index (χ2v) is 9.63. The van der Waals surface area contributed by atoms with E-state index in [-0.39, 0.29) is 30.4 Å². The van der Waals surface area contributed by atoms with Crippen LogP contribution in [-0.2, 0) is 17.9 Å². The van der Waals surface area contributed by atoms with Crippen LogP contribution in [0.1, 0.15) is 72.1 Å². The summed E-state index contributed by atoms with van der Waals surface area (Å²) in [6, 6.07) is 14.2. The fourth-order valence-corrected chi connectivity index (χ4v) is 4.39. The average molecular weight is 566 g/mol. The van der Waals surface area contributed by atoms with Gasteiger partial charge in [-0.25, -0.2) is 8.63 Å². The van der Waals surface area contributed by atoms with E-state index in [4.69, 9.17) is 4.65 Å². The predicted molar refractivity (Wildman–Crippen MR) is 159 cm³/mol. The third kappa shape index (κ3) is 6.55. The predicted octanol–water partition coefficient (Wildman–Crippen LogP) is 5.52. The van der Waals surface area contributed by atoms with Crippen LogP contribution in [0.4, 0.5) is 8.63 Å². The van der Waals surface area contributed by atoms with Gasteiger partial charge in [0.05, 0.1) is 30.0 Å². The fourth-order valence-electron chi connectivity index (χ4n) is 4.39. The standard InChI is InChI=1S/C33H29BF2N2O4/c1-20-22(3)37-32(28(20)15-13-24-9-5-7-11-26(24)18-39)30(41)17-31(42-34(35)36)33-29(21(2)23(4)38-33)16-14-25-10-6-8-12-27(25)19-40/h5-12,17,37-40H,18-19H2,1-4H3/b31-17-. The number of hydrogen-bond acceptors (Lipinski definition) is 4. The summed E-state index contributed by atoms with van der Waals surface area (Å²) in [5, 5.41) is 19.3. The van der Waals surface area contributed by atoms with Gasteiger partial charge >= 0.3 is 7.47 Å². The number of H-pyrrole nitrogens is 2. The van der Waals surface area contributed by atoms with Gasteiger partial charge in [0, 0.05) is 28.6 Å². The Balaban J connectivity index is 1.81. The highest BCUT2D eigenvalue weighted by atomic mass is 19.2. The molecule has 4 rings (SSSR count). The molecule has 9 heteroatoms. The van der Waals surface area contributed by atoms with Gasteiger partial charge in [0.2, 0.25) is 5.78 Å². The van der Waals surface area contributed by atoms with E-state index in [1.54, 1.807) is 76.2 Å². The number of aliphatic hydroxyl groups is 2. The fraction of sp³-hybridized carbons (Fsp3) is 0.182. The van der Waals surface area contributed by atoms with E-state index in [0.29, 0.717) is 50.3 Å². The molecule has 0 aliphatic carbocycles. The van der Waals surface area contributed by atoms with E-state index >= 15 is 0 Å². The van der Waals surface area contributed by atoms with Crippen LogP contribution < -0.4 is 0 Å². The van der Waals surface area contributed by atoms with Crippen molar-refractivity contribution >= 4 is 19.0 Å². The number of carbonyl (C=O) groups is 1. The van der Waals surface area contributed by atoms with Crippen molar-refractivity contribution in [3.8, 4) is 23.7 Å². The number of aryl methyl sites for hydroxylation is 2. The third-order valence-electron chi connectivity index (χ3n) is 6.99. The Kier molecular flexibility index (Phi) is 9.49. The Bertz CT molecular complexity index is 1800. The van der Waals surface area contributed by atoms with Crippen LogP contribution in [0, 0.1) is 51.4 Å². The molecule has 0 bridgehead atoms. The van der Waals surface area contributed by atoms with Crippen LogP contribution in [0.15, 0.2) is 54.6 Å². The number of rotatable bonds is 7. The van der Waals surface area contributed by atoms with Gasteiger partial charge in [0.25, 0.3) is 0 Å². The minimum atomic E-state index is -3.20. The lowest BCUT2D eigenvalue weighted by atomic mass is 10.0. The summed E-state index contributed by atoms with van der Waals surface area (Å²) in [4.78, 5) is 19.6. The molecule has 42 heavy (non-hydrogen) atoms. The zero-order valence-corrected chi connectivity index (χ0v) is 23.7. The summed E-state index contributed by atoms with van der Waals surface area (Å²) < 4.78 is 32.1. The highest BCUT2D eigenvalue weighted by molar-refractivity contribution is 6.36. The number of allylic oxidation sites excluding steroid dienone is 1. The van der Waals surface area contributed by atoms with Crippen LogP contribution in [-0.4, -0.2) is 33.4 Å². The molecule has 2 aromatic heterocycles. The maximum Gasteiger partial charge on any atom is 0.796 e. The van der Waals surface area contributed by atoms with E-state index in [2.05, 4.69) is 33.6 Å². The molecule has 2 heterocycles. The first-order valence-corrected chi connectivity index (χ1v) is 13.2. The van der Waals surface area contributed by atoms with Crippen molar-refractivity contribution in [1.82, 2.24) is 9.97 Å². The molecule has 6 nitrogen and oxygen atoms in total. The number of aromatic nitrogens is 2. The van der Waals surface area contributed by atoms with Crippen LogP contribution >= 0.6 is 0 Å². The second-order valence-electron chi connectivity index (χ2n) is 9.63. The second kappa shape index (κ2) is 13.2. The van der Waals surface area contributed by atoms with Crippen LogP contribution in [0.3, 0.4) is 0 Å². The molecule has 0 spiro atoms. The molecule has 212 valence electrons. The normalized spacial score (nSPS) is 10.9. The summed E-state index contributed by atoms with van der Waals surface area (Å²) in [6.07, 6.45) is 1.00. The van der Waals surface area contributed by atoms with Gasteiger partial charge < -0.3 is 24.8 Å². The molecule has 0 saturated heterocycles. The molecule has 2 aromatic carbocycles. The number of carbonyl (C=O) groups excluding carboxylic acids is 1. The largest absolute Gasteiger partial charge is 0.796 e. The molecule has 0 fully saturated rings. The molecule has 4 N–H and O–H groups in total. The van der Waals surface area contributed by atoms with Crippen molar-refractivity contribution in [2.75, 3.05) is 0 Å². The Morgan fingerprint density at radius 2 is 1.24 bits per heavy atom. The summed E-state index contributed by atoms with van der Waals surface area (Å²) in [5.74, 6) is 11.1. The van der Waals surface area contributed by atoms with Crippen molar-refractivity contribution in [2.24, 2.45) is 0 Å². The van der Waals surface area contributed by atoms with Crippen molar-refractivity contribution in [2.45, 2.75) is 40.9 Å². The average Bonchev–Trinajstić information content (AvgIpc) is 3.43. The molecule has 0 aliphatic rings. The Morgan fingerprint density at radius 1 is 0.786 bits per heavy atom. The van der Waals surface area contributed by atoms with E-state index in [9.17, 15) is 23.6 Å². The van der Waals surface area contributed by atoms with Gasteiger partial charge in [-0.3, -0.25) is 4.79 Å². The quantitative estimate of drug-likeness (QED) is 0.0778. The Hall–Kier alpha value is -4.83. The van der Waals surface area contributed by atoms with Gasteiger partial charge in [-0.2, -0.15) is 0 Å². The third-order valence-corrected chi connectivity index (χ3v) is 6.99. The number of aromatic amines is 2. The molecule has 0 radical (unpaired) electrons. The number of nitrogens with one attached hydrogen (secondary N) is 2. The number of hydrogen-bond donors (Lipinski definition) is 4. The first kappa shape index (κ1) is 30.1. The van der Waals surface area contributed by atoms with Crippen LogP contribution in [0.2, 0.25) is 0 Å². The van der Waals surface area contributed by atoms with Crippen molar-refractivity contribution in [1.29, 1.82) is 0 Å². The van der Waals surface area contributed by atoms with Crippen LogP contribution in [0.5, 0.6) is 0 Å². The maximum absolute atomic E-state index is 13.6. The Labute approximate surface area is 243 Å². The molecule has 0 aliphatic heterocycles. The van der Waals surface area contributed by atoms with Crippen molar-refractivity contribution in [3.05, 3.63) is 122 Å². The molecular weight excluding hydrogens is 537 g/mol. The molecule has 0 saturated carbocycles. The molecule has 0 unspecified atom stereocenters. The summed E-state index contributed by atoms with van der Waals surface area (Å²) in [6.45, 7) is 6.75. The zero-order chi connectivity index (χ0) is 30.4. The van der Waals surface area contributed by atoms with Gasteiger partial charge in [-0.1, -0.05) is 60.1 Å². The van der Waals surface area contributed by atoms with E-state index < -0.39 is 13.3 Å². The van der Waals surface area contributed by atoms with Gasteiger partial charge in [0.1, 0.15) is 11.5 Å². The highest BCUT2D eigenvalue weighted by Gasteiger charge is 2.26. The van der Waals surface area contributed by atoms with E-state index in [1.807, 2.05) is 0 Å². The van der Waals surface area contributed by atoms with Gasteiger partial charge in [-0.15, -0.1) is 0 Å². The van der Waals surface area contributed by atoms with Crippen molar-refractivity contribution in [3.63, 3.8) is 0 Å². The summed E-state index contributed by atoms with van der Waals surface area (Å²) in [7, 11) is -3.20. The lowest BCUT2D eigenvalue weighted by molar-refractivity contribution is 0.104. The molecule has 0 amide bonds. The zero-order valence-electron chi connectivity index (χ0n) is 23.7. The highest BCUT2D eigenvalue weighted by Crippen LogP contribution is 2.27. The molecular formula is C33H29BF2N2O4. The monoisotopic (exact) mass is 566 g/mol. The number of halogens is 2. The smallest absolute Gasteiger partial charge is 0.503 e. The minimum Gasteiger partial charge on any atom is -0.503 e. The lowest BCUT2D eigenvalue weighted by Gasteiger charge is -2.08. The first-order valence-electron chi connectivity index (χ1n) is 13.2. The Morgan fingerprint density at radius 3 is 1.71 bits per heavy atom. The topological polar surface area (TPSA) is 98.3 Å². The van der Waals surface area contributed by atoms with E-state index in [0.717, 1.165) is 11.6 Å². The summed E-state index contributed by atoms with van der Waals surface area (Å²) in [5.41, 5.74) is 6.33. The molecule has 0 atom stereocenters. The number of benzene rings is 2. The van der Waals surface area contributed by atoms with E-state index in [1.165, 1.54) is 0 Å².